The molecule has 0 fully saturated rings. The second-order valence-corrected chi connectivity index (χ2v) is 7.90. The van der Waals surface area contributed by atoms with Crippen molar-refractivity contribution in [3.8, 4) is 0 Å². The van der Waals surface area contributed by atoms with Gasteiger partial charge in [0.25, 0.3) is 5.69 Å². The summed E-state index contributed by atoms with van der Waals surface area (Å²) < 4.78 is 0. The molecule has 0 spiro atoms. The largest absolute Gasteiger partial charge is 0.295 e. The third-order valence-electron chi connectivity index (χ3n) is 5.56. The van der Waals surface area contributed by atoms with Crippen molar-refractivity contribution in [2.45, 2.75) is 25.9 Å². The fourth-order valence-electron chi connectivity index (χ4n) is 3.94. The Morgan fingerprint density at radius 2 is 1.32 bits per heavy atom. The van der Waals surface area contributed by atoms with Crippen LogP contribution >= 0.6 is 0 Å². The van der Waals surface area contributed by atoms with E-state index in [1.807, 2.05) is 18.2 Å². The molecule has 0 saturated carbocycles. The van der Waals surface area contributed by atoms with Gasteiger partial charge in [0.1, 0.15) is 0 Å². The van der Waals surface area contributed by atoms with E-state index in [-0.39, 0.29) is 10.6 Å². The minimum Gasteiger partial charge on any atom is -0.295 e. The minimum absolute atomic E-state index is 0.133. The summed E-state index contributed by atoms with van der Waals surface area (Å²) in [4.78, 5) is 13.0. The normalized spacial score (nSPS) is 11.1. The van der Waals surface area contributed by atoms with E-state index in [1.165, 1.54) is 21.9 Å². The summed E-state index contributed by atoms with van der Waals surface area (Å²) >= 11 is 0. The van der Waals surface area contributed by atoms with E-state index >= 15 is 0 Å². The SMILES string of the molecule is O=[N+]([O-])c1ccc(CN(CCCc2ccccc2)Cc2ccc3ccccc3c2)cc1. The summed E-state index contributed by atoms with van der Waals surface area (Å²) in [5, 5.41) is 13.5. The van der Waals surface area contributed by atoms with Crippen LogP contribution in [-0.2, 0) is 19.5 Å². The van der Waals surface area contributed by atoms with E-state index < -0.39 is 0 Å². The second kappa shape index (κ2) is 10.0. The Balaban J connectivity index is 1.48. The van der Waals surface area contributed by atoms with Crippen molar-refractivity contribution in [2.75, 3.05) is 6.54 Å². The number of nitro benzene ring substituents is 1. The highest BCUT2D eigenvalue weighted by Crippen LogP contribution is 2.19. The summed E-state index contributed by atoms with van der Waals surface area (Å²) in [5.41, 5.74) is 3.85. The molecule has 0 aromatic heterocycles. The van der Waals surface area contributed by atoms with Crippen LogP contribution < -0.4 is 0 Å². The molecule has 0 unspecified atom stereocenters. The molecule has 0 atom stereocenters. The number of fused-ring (bicyclic) bond motifs is 1. The molecule has 0 aliphatic heterocycles. The van der Waals surface area contributed by atoms with Crippen LogP contribution in [0.2, 0.25) is 0 Å². The van der Waals surface area contributed by atoms with Gasteiger partial charge in [-0.1, -0.05) is 78.9 Å². The molecule has 0 saturated heterocycles. The number of nitro groups is 1. The summed E-state index contributed by atoms with van der Waals surface area (Å²) in [7, 11) is 0. The van der Waals surface area contributed by atoms with Crippen molar-refractivity contribution in [3.05, 3.63) is 124 Å². The molecule has 0 heterocycles. The molecular formula is C27H26N2O2. The van der Waals surface area contributed by atoms with Gasteiger partial charge in [-0.25, -0.2) is 0 Å². The molecule has 4 rings (SSSR count). The lowest BCUT2D eigenvalue weighted by Gasteiger charge is -2.23. The van der Waals surface area contributed by atoms with E-state index in [0.29, 0.717) is 0 Å². The highest BCUT2D eigenvalue weighted by molar-refractivity contribution is 5.82. The van der Waals surface area contributed by atoms with E-state index in [4.69, 9.17) is 0 Å². The van der Waals surface area contributed by atoms with Crippen LogP contribution in [0.4, 0.5) is 5.69 Å². The topological polar surface area (TPSA) is 46.4 Å². The zero-order valence-corrected chi connectivity index (χ0v) is 17.5. The maximum absolute atomic E-state index is 11.0. The maximum Gasteiger partial charge on any atom is 0.269 e. The molecule has 4 aromatic carbocycles. The van der Waals surface area contributed by atoms with Gasteiger partial charge in [-0.05, 0) is 52.9 Å². The lowest BCUT2D eigenvalue weighted by Crippen LogP contribution is -2.24. The van der Waals surface area contributed by atoms with Crippen molar-refractivity contribution in [3.63, 3.8) is 0 Å². The number of nitrogens with zero attached hydrogens (tertiary/aromatic N) is 2. The van der Waals surface area contributed by atoms with E-state index in [1.54, 1.807) is 12.1 Å². The van der Waals surface area contributed by atoms with Gasteiger partial charge in [0.05, 0.1) is 4.92 Å². The van der Waals surface area contributed by atoms with Gasteiger partial charge < -0.3 is 0 Å². The number of hydrogen-bond donors (Lipinski definition) is 0. The smallest absolute Gasteiger partial charge is 0.269 e. The first-order valence-corrected chi connectivity index (χ1v) is 10.6. The van der Waals surface area contributed by atoms with Crippen LogP contribution in [0.25, 0.3) is 10.8 Å². The molecule has 0 aliphatic carbocycles. The molecule has 4 nitrogen and oxygen atoms in total. The third-order valence-corrected chi connectivity index (χ3v) is 5.56. The van der Waals surface area contributed by atoms with Crippen LogP contribution in [0, 0.1) is 10.1 Å². The van der Waals surface area contributed by atoms with Gasteiger partial charge in [-0.2, -0.15) is 0 Å². The van der Waals surface area contributed by atoms with Crippen molar-refractivity contribution in [2.24, 2.45) is 0 Å². The Morgan fingerprint density at radius 3 is 2.06 bits per heavy atom. The van der Waals surface area contributed by atoms with Gasteiger partial charge in [0.2, 0.25) is 0 Å². The predicted octanol–water partition coefficient (Wildman–Crippen LogP) is 6.38. The van der Waals surface area contributed by atoms with Crippen LogP contribution in [0.3, 0.4) is 0 Å². The minimum atomic E-state index is -0.351. The lowest BCUT2D eigenvalue weighted by atomic mass is 10.1. The molecule has 31 heavy (non-hydrogen) atoms. The van der Waals surface area contributed by atoms with Gasteiger partial charge >= 0.3 is 0 Å². The van der Waals surface area contributed by atoms with Gasteiger partial charge in [0, 0.05) is 25.2 Å². The van der Waals surface area contributed by atoms with Gasteiger partial charge in [-0.3, -0.25) is 15.0 Å². The highest BCUT2D eigenvalue weighted by Gasteiger charge is 2.10. The first-order valence-electron chi connectivity index (χ1n) is 10.6. The quantitative estimate of drug-likeness (QED) is 0.237. The van der Waals surface area contributed by atoms with Crippen molar-refractivity contribution >= 4 is 16.5 Å². The average Bonchev–Trinajstić information content (AvgIpc) is 2.80. The third kappa shape index (κ3) is 5.77. The summed E-state index contributed by atoms with van der Waals surface area (Å²) in [6.45, 7) is 2.56. The number of benzene rings is 4. The van der Waals surface area contributed by atoms with Crippen LogP contribution in [0.1, 0.15) is 23.1 Å². The zero-order valence-electron chi connectivity index (χ0n) is 17.5. The molecule has 4 aromatic rings. The predicted molar refractivity (Wildman–Crippen MR) is 126 cm³/mol. The Bertz CT molecular complexity index is 1140. The monoisotopic (exact) mass is 410 g/mol. The zero-order chi connectivity index (χ0) is 21.5. The Morgan fingerprint density at radius 1 is 0.677 bits per heavy atom. The van der Waals surface area contributed by atoms with Crippen molar-refractivity contribution in [1.82, 2.24) is 4.90 Å². The van der Waals surface area contributed by atoms with Gasteiger partial charge in [-0.15, -0.1) is 0 Å². The van der Waals surface area contributed by atoms with Crippen LogP contribution in [-0.4, -0.2) is 16.4 Å². The molecule has 0 N–H and O–H groups in total. The molecule has 0 aliphatic rings. The van der Waals surface area contributed by atoms with E-state index in [2.05, 4.69) is 71.6 Å². The summed E-state index contributed by atoms with van der Waals surface area (Å²) in [5.74, 6) is 0. The lowest BCUT2D eigenvalue weighted by molar-refractivity contribution is -0.384. The van der Waals surface area contributed by atoms with Gasteiger partial charge in [0.15, 0.2) is 0 Å². The highest BCUT2D eigenvalue weighted by atomic mass is 16.6. The number of rotatable bonds is 9. The fraction of sp³-hybridized carbons (Fsp3) is 0.185. The fourth-order valence-corrected chi connectivity index (χ4v) is 3.94. The Hall–Kier alpha value is -3.50. The van der Waals surface area contributed by atoms with Crippen LogP contribution in [0.15, 0.2) is 97.1 Å². The molecular weight excluding hydrogens is 384 g/mol. The Labute approximate surface area is 182 Å². The van der Waals surface area contributed by atoms with Crippen molar-refractivity contribution < 1.29 is 4.92 Å². The van der Waals surface area contributed by atoms with E-state index in [0.717, 1.165) is 38.0 Å². The summed E-state index contributed by atoms with van der Waals surface area (Å²) in [6.07, 6.45) is 2.10. The Kier molecular flexibility index (Phi) is 6.70. The number of non-ortho nitro benzene ring substituents is 1. The molecule has 156 valence electrons. The van der Waals surface area contributed by atoms with Crippen LogP contribution in [0.5, 0.6) is 0 Å². The standard InChI is InChI=1S/C27H26N2O2/c30-29(31)27-16-13-23(14-17-27)20-28(18-6-9-22-7-2-1-3-8-22)21-24-12-15-25-10-4-5-11-26(25)19-24/h1-5,7-8,10-17,19H,6,9,18,20-21H2. The molecule has 0 amide bonds. The average molecular weight is 411 g/mol. The summed E-state index contributed by atoms with van der Waals surface area (Å²) in [6, 6.07) is 32.5. The number of aryl methyl sites for hydroxylation is 1. The maximum atomic E-state index is 11.0. The molecule has 0 bridgehead atoms. The molecule has 4 heteroatoms. The van der Waals surface area contributed by atoms with Crippen molar-refractivity contribution in [1.29, 1.82) is 0 Å². The first-order chi connectivity index (χ1) is 15.2. The number of hydrogen-bond acceptors (Lipinski definition) is 3. The second-order valence-electron chi connectivity index (χ2n) is 7.90. The first kappa shape index (κ1) is 20.8. The molecule has 0 radical (unpaired) electrons. The van der Waals surface area contributed by atoms with E-state index in [9.17, 15) is 10.1 Å².